The van der Waals surface area contributed by atoms with Gasteiger partial charge in [0.2, 0.25) is 0 Å². The first-order valence-electron chi connectivity index (χ1n) is 10.5. The summed E-state index contributed by atoms with van der Waals surface area (Å²) in [6.45, 7) is 0. The Morgan fingerprint density at radius 2 is 1.42 bits per heavy atom. The minimum Gasteiger partial charge on any atom is -0.322 e. The van der Waals surface area contributed by atoms with E-state index in [1.54, 1.807) is 42.5 Å². The summed E-state index contributed by atoms with van der Waals surface area (Å²) < 4.78 is 27.4. The molecule has 1 N–H and O–H groups in total. The van der Waals surface area contributed by atoms with Crippen LogP contribution >= 0.6 is 0 Å². The van der Waals surface area contributed by atoms with Crippen molar-refractivity contribution in [3.05, 3.63) is 126 Å². The predicted molar refractivity (Wildman–Crippen MR) is 132 cm³/mol. The maximum absolute atomic E-state index is 13.1. The molecule has 0 aliphatic rings. The van der Waals surface area contributed by atoms with Gasteiger partial charge in [0.15, 0.2) is 0 Å². The first-order valence-corrected chi connectivity index (χ1v) is 12.0. The van der Waals surface area contributed by atoms with Crippen molar-refractivity contribution >= 4 is 27.3 Å². The number of para-hydroxylation sites is 1. The number of sulfonamides is 1. The number of nitrogens with one attached hydrogen (secondary N) is 1. The molecule has 6 heteroatoms. The van der Waals surface area contributed by atoms with Crippen LogP contribution in [0.2, 0.25) is 0 Å². The molecule has 0 aliphatic heterocycles. The molecule has 0 spiro atoms. The molecule has 0 unspecified atom stereocenters. The minimum atomic E-state index is -3.78. The van der Waals surface area contributed by atoms with Crippen molar-refractivity contribution < 1.29 is 13.2 Å². The molecule has 1 amide bonds. The molecule has 0 fully saturated rings. The first kappa shape index (κ1) is 22.3. The van der Waals surface area contributed by atoms with Crippen LogP contribution < -0.4 is 9.62 Å². The van der Waals surface area contributed by atoms with Crippen LogP contribution in [0.5, 0.6) is 0 Å². The van der Waals surface area contributed by atoms with Gasteiger partial charge in [-0.1, -0.05) is 72.8 Å². The van der Waals surface area contributed by atoms with E-state index in [-0.39, 0.29) is 10.8 Å². The third-order valence-corrected chi connectivity index (χ3v) is 7.15. The van der Waals surface area contributed by atoms with E-state index in [4.69, 9.17) is 0 Å². The zero-order chi connectivity index (χ0) is 23.3. The van der Waals surface area contributed by atoms with Gasteiger partial charge in [-0.3, -0.25) is 9.10 Å². The Morgan fingerprint density at radius 1 is 0.788 bits per heavy atom. The van der Waals surface area contributed by atoms with E-state index < -0.39 is 10.0 Å². The monoisotopic (exact) mass is 456 g/mol. The van der Waals surface area contributed by atoms with E-state index in [2.05, 4.69) is 5.32 Å². The molecule has 4 aromatic carbocycles. The average molecular weight is 457 g/mol. The Kier molecular flexibility index (Phi) is 6.56. The molecule has 5 nitrogen and oxygen atoms in total. The maximum atomic E-state index is 13.1. The van der Waals surface area contributed by atoms with Gasteiger partial charge in [-0.25, -0.2) is 8.42 Å². The summed E-state index contributed by atoms with van der Waals surface area (Å²) in [5.74, 6) is -0.285. The largest absolute Gasteiger partial charge is 0.322 e. The maximum Gasteiger partial charge on any atom is 0.264 e. The molecular formula is C27H24N2O3S. The number of hydrogen-bond acceptors (Lipinski definition) is 3. The fourth-order valence-electron chi connectivity index (χ4n) is 3.58. The van der Waals surface area contributed by atoms with Crippen LogP contribution in [0.25, 0.3) is 0 Å². The van der Waals surface area contributed by atoms with Gasteiger partial charge in [0.25, 0.3) is 15.9 Å². The molecule has 0 heterocycles. The van der Waals surface area contributed by atoms with E-state index >= 15 is 0 Å². The summed E-state index contributed by atoms with van der Waals surface area (Å²) in [6, 6.07) is 32.5. The fraction of sp³-hybridized carbons (Fsp3) is 0.0741. The third-order valence-electron chi connectivity index (χ3n) is 5.37. The number of hydrogen-bond donors (Lipinski definition) is 1. The fourth-order valence-corrected chi connectivity index (χ4v) is 4.82. The van der Waals surface area contributed by atoms with Gasteiger partial charge in [0, 0.05) is 18.3 Å². The molecule has 0 aromatic heterocycles. The highest BCUT2D eigenvalue weighted by Gasteiger charge is 2.22. The number of amides is 1. The summed E-state index contributed by atoms with van der Waals surface area (Å²) in [6.07, 6.45) is 0.626. The molecule has 0 radical (unpaired) electrons. The SMILES string of the molecule is CN(c1ccccc1)S(=O)(=O)c1cccc(NC(=O)c2ccccc2Cc2ccccc2)c1. The highest BCUT2D eigenvalue weighted by Crippen LogP contribution is 2.24. The molecule has 4 rings (SSSR count). The molecule has 0 atom stereocenters. The van der Waals surface area contributed by atoms with Crippen LogP contribution in [0, 0.1) is 0 Å². The first-order chi connectivity index (χ1) is 15.9. The van der Waals surface area contributed by atoms with Crippen molar-refractivity contribution in [3.63, 3.8) is 0 Å². The van der Waals surface area contributed by atoms with Crippen LogP contribution in [0.15, 0.2) is 114 Å². The lowest BCUT2D eigenvalue weighted by molar-refractivity contribution is 0.102. The number of nitrogens with zero attached hydrogens (tertiary/aromatic N) is 1. The standard InChI is InChI=1S/C27H24N2O3S/c1-29(24-15-6-3-7-16-24)33(31,32)25-17-10-14-23(20-25)28-27(30)26-18-9-8-13-22(26)19-21-11-4-2-5-12-21/h2-18,20H,19H2,1H3,(H,28,30). The normalized spacial score (nSPS) is 11.1. The van der Waals surface area contributed by atoms with Crippen LogP contribution in [0.1, 0.15) is 21.5 Å². The highest BCUT2D eigenvalue weighted by atomic mass is 32.2. The smallest absolute Gasteiger partial charge is 0.264 e. The molecule has 0 saturated heterocycles. The summed E-state index contributed by atoms with van der Waals surface area (Å²) in [5, 5.41) is 2.85. The second kappa shape index (κ2) is 9.71. The van der Waals surface area contributed by atoms with E-state index in [1.807, 2.05) is 54.6 Å². The Balaban J connectivity index is 1.57. The van der Waals surface area contributed by atoms with E-state index in [1.165, 1.54) is 23.5 Å². The van der Waals surface area contributed by atoms with Crippen LogP contribution in [0.3, 0.4) is 0 Å². The molecule has 166 valence electrons. The molecule has 4 aromatic rings. The Hall–Kier alpha value is -3.90. The molecule has 0 bridgehead atoms. The van der Waals surface area contributed by atoms with Crippen molar-refractivity contribution in [2.24, 2.45) is 0 Å². The lowest BCUT2D eigenvalue weighted by Gasteiger charge is -2.20. The van der Waals surface area contributed by atoms with E-state index in [0.717, 1.165) is 11.1 Å². The van der Waals surface area contributed by atoms with Crippen molar-refractivity contribution in [2.75, 3.05) is 16.7 Å². The summed E-state index contributed by atoms with van der Waals surface area (Å²) in [5.41, 5.74) is 3.53. The van der Waals surface area contributed by atoms with E-state index in [9.17, 15) is 13.2 Å². The Bertz CT molecular complexity index is 1350. The van der Waals surface area contributed by atoms with Crippen molar-refractivity contribution in [3.8, 4) is 0 Å². The number of anilines is 2. The average Bonchev–Trinajstić information content (AvgIpc) is 2.85. The van der Waals surface area contributed by atoms with Gasteiger partial charge < -0.3 is 5.32 Å². The zero-order valence-corrected chi connectivity index (χ0v) is 19.0. The second-order valence-electron chi connectivity index (χ2n) is 7.61. The van der Waals surface area contributed by atoms with Crippen molar-refractivity contribution in [1.82, 2.24) is 0 Å². The second-order valence-corrected chi connectivity index (χ2v) is 9.58. The topological polar surface area (TPSA) is 66.5 Å². The Labute approximate surface area is 194 Å². The summed E-state index contributed by atoms with van der Waals surface area (Å²) >= 11 is 0. The van der Waals surface area contributed by atoms with Crippen molar-refractivity contribution in [1.29, 1.82) is 0 Å². The zero-order valence-electron chi connectivity index (χ0n) is 18.2. The molecule has 0 aliphatic carbocycles. The third kappa shape index (κ3) is 5.13. The Morgan fingerprint density at radius 3 is 2.15 bits per heavy atom. The minimum absolute atomic E-state index is 0.101. The van der Waals surface area contributed by atoms with Gasteiger partial charge in [0.05, 0.1) is 10.6 Å². The quantitative estimate of drug-likeness (QED) is 0.407. The van der Waals surface area contributed by atoms with Gasteiger partial charge in [-0.05, 0) is 53.9 Å². The van der Waals surface area contributed by atoms with Crippen LogP contribution in [-0.4, -0.2) is 21.4 Å². The lowest BCUT2D eigenvalue weighted by atomic mass is 9.99. The van der Waals surface area contributed by atoms with E-state index in [0.29, 0.717) is 23.4 Å². The summed E-state index contributed by atoms with van der Waals surface area (Å²) in [7, 11) is -2.27. The number of rotatable bonds is 7. The summed E-state index contributed by atoms with van der Waals surface area (Å²) in [4.78, 5) is 13.2. The van der Waals surface area contributed by atoms with Gasteiger partial charge in [-0.15, -0.1) is 0 Å². The predicted octanol–water partition coefficient (Wildman–Crippen LogP) is 5.35. The molecule has 0 saturated carbocycles. The lowest BCUT2D eigenvalue weighted by Crippen LogP contribution is -2.26. The molecular weight excluding hydrogens is 432 g/mol. The van der Waals surface area contributed by atoms with Crippen LogP contribution in [0.4, 0.5) is 11.4 Å². The van der Waals surface area contributed by atoms with Crippen LogP contribution in [-0.2, 0) is 16.4 Å². The van der Waals surface area contributed by atoms with Crippen molar-refractivity contribution in [2.45, 2.75) is 11.3 Å². The number of carbonyl (C=O) groups is 1. The van der Waals surface area contributed by atoms with Gasteiger partial charge in [0.1, 0.15) is 0 Å². The number of benzene rings is 4. The molecule has 33 heavy (non-hydrogen) atoms. The van der Waals surface area contributed by atoms with Gasteiger partial charge >= 0.3 is 0 Å². The van der Waals surface area contributed by atoms with Gasteiger partial charge in [-0.2, -0.15) is 0 Å². The highest BCUT2D eigenvalue weighted by molar-refractivity contribution is 7.92. The number of carbonyl (C=O) groups excluding carboxylic acids is 1.